The average Bonchev–Trinajstić information content (AvgIpc) is 2.49. The summed E-state index contributed by atoms with van der Waals surface area (Å²) < 4.78 is 5.63. The van der Waals surface area contributed by atoms with Crippen LogP contribution in [0.3, 0.4) is 0 Å². The van der Waals surface area contributed by atoms with Crippen molar-refractivity contribution in [1.82, 2.24) is 0 Å². The van der Waals surface area contributed by atoms with E-state index in [1.807, 2.05) is 0 Å². The van der Waals surface area contributed by atoms with E-state index in [-0.39, 0.29) is 0 Å². The van der Waals surface area contributed by atoms with Gasteiger partial charge in [-0.25, -0.2) is 0 Å². The number of rotatable bonds is 9. The largest absolute Gasteiger partial charge is 0.494 e. The van der Waals surface area contributed by atoms with Crippen LogP contribution in [0.5, 0.6) is 5.75 Å². The van der Waals surface area contributed by atoms with Gasteiger partial charge < -0.3 is 14.9 Å². The molecule has 0 aromatic heterocycles. The highest BCUT2D eigenvalue weighted by Gasteiger charge is 2.24. The smallest absolute Gasteiger partial charge is 0.310 e. The van der Waals surface area contributed by atoms with Crippen LogP contribution in [0.2, 0.25) is 0 Å². The molecular formula is C17H24O5. The second-order valence-corrected chi connectivity index (χ2v) is 5.47. The number of carboxylic acids is 2. The molecule has 0 aliphatic heterocycles. The van der Waals surface area contributed by atoms with E-state index in [2.05, 4.69) is 6.92 Å². The second kappa shape index (κ2) is 8.41. The van der Waals surface area contributed by atoms with Crippen LogP contribution < -0.4 is 4.74 Å². The molecule has 0 saturated heterocycles. The maximum absolute atomic E-state index is 11.3. The fraction of sp³-hybridized carbons (Fsp3) is 0.529. The fourth-order valence-electron chi connectivity index (χ4n) is 2.22. The number of hydrogen-bond acceptors (Lipinski definition) is 3. The number of ether oxygens (including phenoxy) is 1. The third-order valence-corrected chi connectivity index (χ3v) is 3.75. The summed E-state index contributed by atoms with van der Waals surface area (Å²) in [5, 5.41) is 18.4. The van der Waals surface area contributed by atoms with Crippen LogP contribution in [0, 0.1) is 0 Å². The summed E-state index contributed by atoms with van der Waals surface area (Å²) >= 11 is 0. The Bertz CT molecular complexity index is 524. The first-order chi connectivity index (χ1) is 10.4. The van der Waals surface area contributed by atoms with Gasteiger partial charge in [-0.05, 0) is 43.5 Å². The second-order valence-electron chi connectivity index (χ2n) is 5.47. The van der Waals surface area contributed by atoms with E-state index >= 15 is 0 Å². The van der Waals surface area contributed by atoms with Crippen LogP contribution in [0.4, 0.5) is 0 Å². The molecule has 1 aromatic rings. The van der Waals surface area contributed by atoms with Crippen molar-refractivity contribution in [2.45, 2.75) is 51.9 Å². The zero-order valence-electron chi connectivity index (χ0n) is 13.3. The number of carbonyl (C=O) groups is 2. The topological polar surface area (TPSA) is 83.8 Å². The number of unbranched alkanes of at least 4 members (excludes halogenated alkanes) is 2. The lowest BCUT2D eigenvalue weighted by Gasteiger charge is -2.18. The Morgan fingerprint density at radius 3 is 2.18 bits per heavy atom. The summed E-state index contributed by atoms with van der Waals surface area (Å²) in [6.07, 6.45) is 3.11. The minimum atomic E-state index is -0.984. The number of benzene rings is 1. The molecular weight excluding hydrogens is 284 g/mol. The van der Waals surface area contributed by atoms with Gasteiger partial charge in [0.1, 0.15) is 5.75 Å². The normalized spacial score (nSPS) is 13.4. The molecule has 1 rings (SSSR count). The van der Waals surface area contributed by atoms with Crippen molar-refractivity contribution in [3.05, 3.63) is 29.3 Å². The SMILES string of the molecule is CCCCCOc1ccc(C(C)C(=O)O)c(C(C)C(=O)O)c1. The standard InChI is InChI=1S/C17H24O5/c1-4-5-6-9-22-13-7-8-14(11(2)16(18)19)15(10-13)12(3)17(20)21/h7-8,10-12H,4-6,9H2,1-3H3,(H,18,19)(H,20,21). The molecule has 122 valence electrons. The van der Waals surface area contributed by atoms with Crippen LogP contribution in [0.1, 0.15) is 63.0 Å². The minimum Gasteiger partial charge on any atom is -0.494 e. The predicted octanol–water partition coefficient (Wildman–Crippen LogP) is 3.63. The molecule has 1 aromatic carbocycles. The summed E-state index contributed by atoms with van der Waals surface area (Å²) in [6.45, 7) is 5.78. The highest BCUT2D eigenvalue weighted by Crippen LogP contribution is 2.30. The zero-order chi connectivity index (χ0) is 16.7. The molecule has 2 N–H and O–H groups in total. The monoisotopic (exact) mass is 308 g/mol. The molecule has 0 radical (unpaired) electrons. The summed E-state index contributed by atoms with van der Waals surface area (Å²) in [5.74, 6) is -2.92. The maximum Gasteiger partial charge on any atom is 0.310 e. The molecule has 0 fully saturated rings. The number of hydrogen-bond donors (Lipinski definition) is 2. The Labute approximate surface area is 130 Å². The van der Waals surface area contributed by atoms with E-state index in [0.29, 0.717) is 23.5 Å². The Morgan fingerprint density at radius 1 is 1.05 bits per heavy atom. The van der Waals surface area contributed by atoms with Crippen LogP contribution in [-0.2, 0) is 9.59 Å². The van der Waals surface area contributed by atoms with E-state index in [9.17, 15) is 19.8 Å². The van der Waals surface area contributed by atoms with Crippen molar-refractivity contribution in [3.63, 3.8) is 0 Å². The highest BCUT2D eigenvalue weighted by atomic mass is 16.5. The van der Waals surface area contributed by atoms with Gasteiger partial charge in [0.05, 0.1) is 18.4 Å². The van der Waals surface area contributed by atoms with Gasteiger partial charge in [0.15, 0.2) is 0 Å². The van der Waals surface area contributed by atoms with Gasteiger partial charge in [0.25, 0.3) is 0 Å². The zero-order valence-corrected chi connectivity index (χ0v) is 13.3. The highest BCUT2D eigenvalue weighted by molar-refractivity contribution is 5.80. The molecule has 0 heterocycles. The van der Waals surface area contributed by atoms with Crippen molar-refractivity contribution in [2.24, 2.45) is 0 Å². The van der Waals surface area contributed by atoms with Crippen molar-refractivity contribution in [3.8, 4) is 5.75 Å². The first-order valence-electron chi connectivity index (χ1n) is 7.60. The molecule has 0 aliphatic rings. The third-order valence-electron chi connectivity index (χ3n) is 3.75. The molecule has 0 saturated carbocycles. The molecule has 0 bridgehead atoms. The van der Waals surface area contributed by atoms with Gasteiger partial charge >= 0.3 is 11.9 Å². The van der Waals surface area contributed by atoms with Crippen LogP contribution in [-0.4, -0.2) is 28.8 Å². The van der Waals surface area contributed by atoms with Gasteiger partial charge in [0.2, 0.25) is 0 Å². The van der Waals surface area contributed by atoms with Crippen molar-refractivity contribution >= 4 is 11.9 Å². The maximum atomic E-state index is 11.3. The first-order valence-corrected chi connectivity index (χ1v) is 7.60. The molecule has 5 heteroatoms. The lowest BCUT2D eigenvalue weighted by atomic mass is 9.89. The van der Waals surface area contributed by atoms with E-state index < -0.39 is 23.8 Å². The van der Waals surface area contributed by atoms with E-state index in [0.717, 1.165) is 19.3 Å². The van der Waals surface area contributed by atoms with Gasteiger partial charge in [-0.2, -0.15) is 0 Å². The molecule has 22 heavy (non-hydrogen) atoms. The van der Waals surface area contributed by atoms with E-state index in [1.165, 1.54) is 0 Å². The molecule has 0 spiro atoms. The van der Waals surface area contributed by atoms with Crippen molar-refractivity contribution in [2.75, 3.05) is 6.61 Å². The van der Waals surface area contributed by atoms with Gasteiger partial charge in [-0.15, -0.1) is 0 Å². The van der Waals surface area contributed by atoms with E-state index in [4.69, 9.17) is 4.74 Å². The molecule has 5 nitrogen and oxygen atoms in total. The van der Waals surface area contributed by atoms with Crippen LogP contribution in [0.25, 0.3) is 0 Å². The minimum absolute atomic E-state index is 0.496. The molecule has 2 atom stereocenters. The first kappa shape index (κ1) is 18.0. The number of aliphatic carboxylic acids is 2. The Balaban J connectivity index is 3.03. The van der Waals surface area contributed by atoms with Gasteiger partial charge in [-0.1, -0.05) is 25.8 Å². The average molecular weight is 308 g/mol. The fourth-order valence-corrected chi connectivity index (χ4v) is 2.22. The lowest BCUT2D eigenvalue weighted by Crippen LogP contribution is -2.15. The Kier molecular flexibility index (Phi) is 6.89. The molecule has 2 unspecified atom stereocenters. The Hall–Kier alpha value is -2.04. The molecule has 0 amide bonds. The third kappa shape index (κ3) is 4.76. The van der Waals surface area contributed by atoms with Gasteiger partial charge in [0, 0.05) is 0 Å². The van der Waals surface area contributed by atoms with Crippen LogP contribution >= 0.6 is 0 Å². The van der Waals surface area contributed by atoms with Crippen molar-refractivity contribution < 1.29 is 24.5 Å². The predicted molar refractivity (Wildman–Crippen MR) is 83.6 cm³/mol. The molecule has 0 aliphatic carbocycles. The lowest BCUT2D eigenvalue weighted by molar-refractivity contribution is -0.140. The summed E-state index contributed by atoms with van der Waals surface area (Å²) in [4.78, 5) is 22.5. The summed E-state index contributed by atoms with van der Waals surface area (Å²) in [7, 11) is 0. The quantitative estimate of drug-likeness (QED) is 0.680. The van der Waals surface area contributed by atoms with E-state index in [1.54, 1.807) is 32.0 Å². The van der Waals surface area contributed by atoms with Gasteiger partial charge in [-0.3, -0.25) is 9.59 Å². The van der Waals surface area contributed by atoms with Crippen molar-refractivity contribution in [1.29, 1.82) is 0 Å². The van der Waals surface area contributed by atoms with Crippen LogP contribution in [0.15, 0.2) is 18.2 Å². The summed E-state index contributed by atoms with van der Waals surface area (Å²) in [5.41, 5.74) is 1.01. The summed E-state index contributed by atoms with van der Waals surface area (Å²) in [6, 6.07) is 5.01. The number of carboxylic acid groups (broad SMARTS) is 2. The Morgan fingerprint density at radius 2 is 1.64 bits per heavy atom.